The van der Waals surface area contributed by atoms with Crippen LogP contribution in [0.3, 0.4) is 0 Å². The summed E-state index contributed by atoms with van der Waals surface area (Å²) in [4.78, 5) is 9.88. The highest BCUT2D eigenvalue weighted by atomic mass is 127. The number of aliphatic imine (C=N–C) groups is 1. The van der Waals surface area contributed by atoms with Crippen molar-refractivity contribution in [2.45, 2.75) is 40.3 Å². The molecule has 0 atom stereocenters. The highest BCUT2D eigenvalue weighted by Crippen LogP contribution is 2.12. The molecule has 1 aromatic heterocycles. The lowest BCUT2D eigenvalue weighted by Crippen LogP contribution is -2.53. The van der Waals surface area contributed by atoms with Gasteiger partial charge in [0.05, 0.1) is 13.7 Å². The van der Waals surface area contributed by atoms with E-state index < -0.39 is 0 Å². The number of hydrogen-bond donors (Lipinski definition) is 1. The smallest absolute Gasteiger partial charge is 0.194 e. The number of piperazine rings is 1. The SMILES string of the molecule is CCc1nncn1CCNC(=NCc1ccc(OC)cc1)N1CCN(CC(C)C)CC1.I. The molecule has 2 aromatic rings. The number of aromatic nitrogens is 3. The van der Waals surface area contributed by atoms with Crippen LogP contribution in [-0.2, 0) is 19.5 Å². The number of hydrogen-bond acceptors (Lipinski definition) is 5. The first-order valence-electron chi connectivity index (χ1n) is 11.3. The maximum Gasteiger partial charge on any atom is 0.194 e. The molecule has 0 spiro atoms. The minimum Gasteiger partial charge on any atom is -0.497 e. The first-order chi connectivity index (χ1) is 15.1. The average molecular weight is 556 g/mol. The molecule has 0 radical (unpaired) electrons. The summed E-state index contributed by atoms with van der Waals surface area (Å²) in [6.07, 6.45) is 2.69. The highest BCUT2D eigenvalue weighted by molar-refractivity contribution is 14.0. The van der Waals surface area contributed by atoms with E-state index in [0.717, 1.165) is 69.8 Å². The molecule has 1 aliphatic heterocycles. The molecule has 0 bridgehead atoms. The fourth-order valence-corrected chi connectivity index (χ4v) is 3.85. The van der Waals surface area contributed by atoms with Gasteiger partial charge in [0.1, 0.15) is 17.9 Å². The van der Waals surface area contributed by atoms with Crippen LogP contribution >= 0.6 is 24.0 Å². The summed E-state index contributed by atoms with van der Waals surface area (Å²) in [5, 5.41) is 11.8. The van der Waals surface area contributed by atoms with Gasteiger partial charge in [-0.2, -0.15) is 0 Å². The number of methoxy groups -OCH3 is 1. The summed E-state index contributed by atoms with van der Waals surface area (Å²) in [6.45, 7) is 14.2. The zero-order valence-electron chi connectivity index (χ0n) is 19.8. The summed E-state index contributed by atoms with van der Waals surface area (Å²) in [5.41, 5.74) is 1.17. The molecule has 2 heterocycles. The van der Waals surface area contributed by atoms with Crippen molar-refractivity contribution in [1.29, 1.82) is 0 Å². The van der Waals surface area contributed by atoms with Crippen LogP contribution in [0, 0.1) is 5.92 Å². The molecular formula is C23H38IN7O. The highest BCUT2D eigenvalue weighted by Gasteiger charge is 2.20. The molecule has 178 valence electrons. The lowest BCUT2D eigenvalue weighted by Gasteiger charge is -2.37. The van der Waals surface area contributed by atoms with Crippen LogP contribution in [0.2, 0.25) is 0 Å². The Kier molecular flexibility index (Phi) is 11.2. The van der Waals surface area contributed by atoms with Gasteiger partial charge in [0, 0.05) is 52.2 Å². The normalized spacial score (nSPS) is 15.0. The van der Waals surface area contributed by atoms with Crippen LogP contribution < -0.4 is 10.1 Å². The van der Waals surface area contributed by atoms with Crippen molar-refractivity contribution in [2.75, 3.05) is 46.4 Å². The van der Waals surface area contributed by atoms with E-state index in [1.165, 1.54) is 5.56 Å². The second-order valence-electron chi connectivity index (χ2n) is 8.39. The molecule has 0 unspecified atom stereocenters. The van der Waals surface area contributed by atoms with Crippen molar-refractivity contribution in [1.82, 2.24) is 29.9 Å². The van der Waals surface area contributed by atoms with Gasteiger partial charge in [-0.1, -0.05) is 32.9 Å². The zero-order chi connectivity index (χ0) is 22.1. The number of ether oxygens (including phenoxy) is 1. The Labute approximate surface area is 209 Å². The molecule has 1 aliphatic rings. The van der Waals surface area contributed by atoms with Crippen LogP contribution in [0.1, 0.15) is 32.2 Å². The van der Waals surface area contributed by atoms with Gasteiger partial charge >= 0.3 is 0 Å². The van der Waals surface area contributed by atoms with Gasteiger partial charge in [-0.25, -0.2) is 4.99 Å². The van der Waals surface area contributed by atoms with Gasteiger partial charge in [0.15, 0.2) is 5.96 Å². The Bertz CT molecular complexity index is 814. The summed E-state index contributed by atoms with van der Waals surface area (Å²) in [5.74, 6) is 3.56. The molecule has 1 N–H and O–H groups in total. The van der Waals surface area contributed by atoms with Crippen LogP contribution in [0.5, 0.6) is 5.75 Å². The Morgan fingerprint density at radius 2 is 1.88 bits per heavy atom. The molecule has 3 rings (SSSR count). The maximum absolute atomic E-state index is 5.26. The monoisotopic (exact) mass is 555 g/mol. The molecule has 0 amide bonds. The van der Waals surface area contributed by atoms with Gasteiger partial charge < -0.3 is 19.5 Å². The molecule has 1 aromatic carbocycles. The number of nitrogens with zero attached hydrogens (tertiary/aromatic N) is 6. The predicted molar refractivity (Wildman–Crippen MR) is 140 cm³/mol. The van der Waals surface area contributed by atoms with E-state index in [0.29, 0.717) is 12.5 Å². The van der Waals surface area contributed by atoms with Crippen molar-refractivity contribution in [3.05, 3.63) is 42.0 Å². The molecule has 8 nitrogen and oxygen atoms in total. The van der Waals surface area contributed by atoms with Gasteiger partial charge in [0.2, 0.25) is 0 Å². The van der Waals surface area contributed by atoms with Crippen molar-refractivity contribution in [2.24, 2.45) is 10.9 Å². The van der Waals surface area contributed by atoms with E-state index in [4.69, 9.17) is 9.73 Å². The minimum atomic E-state index is 0. The molecular weight excluding hydrogens is 517 g/mol. The maximum atomic E-state index is 5.26. The zero-order valence-corrected chi connectivity index (χ0v) is 22.2. The Morgan fingerprint density at radius 3 is 2.50 bits per heavy atom. The number of rotatable bonds is 9. The quantitative estimate of drug-likeness (QED) is 0.292. The Morgan fingerprint density at radius 1 is 1.16 bits per heavy atom. The molecule has 0 saturated carbocycles. The van der Waals surface area contributed by atoms with E-state index in [9.17, 15) is 0 Å². The van der Waals surface area contributed by atoms with Gasteiger partial charge in [-0.05, 0) is 23.6 Å². The minimum absolute atomic E-state index is 0. The number of guanidine groups is 1. The van der Waals surface area contributed by atoms with Crippen molar-refractivity contribution >= 4 is 29.9 Å². The molecule has 1 fully saturated rings. The van der Waals surface area contributed by atoms with Crippen LogP contribution in [0.15, 0.2) is 35.6 Å². The Balaban J connectivity index is 0.00000363. The molecule has 0 aliphatic carbocycles. The largest absolute Gasteiger partial charge is 0.497 e. The second kappa shape index (κ2) is 13.6. The van der Waals surface area contributed by atoms with Gasteiger partial charge in [0.25, 0.3) is 0 Å². The number of halogens is 1. The fraction of sp³-hybridized carbons (Fsp3) is 0.609. The summed E-state index contributed by atoms with van der Waals surface area (Å²) in [7, 11) is 1.69. The third-order valence-electron chi connectivity index (χ3n) is 5.51. The lowest BCUT2D eigenvalue weighted by molar-refractivity contribution is 0.163. The lowest BCUT2D eigenvalue weighted by atomic mass is 10.2. The van der Waals surface area contributed by atoms with Crippen molar-refractivity contribution in [3.8, 4) is 5.75 Å². The van der Waals surface area contributed by atoms with Gasteiger partial charge in [-0.3, -0.25) is 4.90 Å². The molecule has 32 heavy (non-hydrogen) atoms. The summed E-state index contributed by atoms with van der Waals surface area (Å²) < 4.78 is 7.37. The van der Waals surface area contributed by atoms with E-state index in [1.54, 1.807) is 13.4 Å². The van der Waals surface area contributed by atoms with Gasteiger partial charge in [-0.15, -0.1) is 34.2 Å². The van der Waals surface area contributed by atoms with E-state index in [2.05, 4.69) is 62.8 Å². The van der Waals surface area contributed by atoms with Crippen LogP contribution in [0.25, 0.3) is 0 Å². The standard InChI is InChI=1S/C23H37N7O.HI/c1-5-22-27-26-18-30(22)11-10-24-23(25-16-20-6-8-21(31-4)9-7-20)29-14-12-28(13-15-29)17-19(2)3;/h6-9,18-19H,5,10-17H2,1-4H3,(H,24,25);1H. The predicted octanol–water partition coefficient (Wildman–Crippen LogP) is 2.89. The topological polar surface area (TPSA) is 70.8 Å². The number of nitrogens with one attached hydrogen (secondary N) is 1. The van der Waals surface area contributed by atoms with Crippen molar-refractivity contribution in [3.63, 3.8) is 0 Å². The second-order valence-corrected chi connectivity index (χ2v) is 8.39. The average Bonchev–Trinajstić information content (AvgIpc) is 3.24. The van der Waals surface area contributed by atoms with E-state index in [1.807, 2.05) is 12.1 Å². The third kappa shape index (κ3) is 7.91. The van der Waals surface area contributed by atoms with Crippen molar-refractivity contribution < 1.29 is 4.74 Å². The Hall–Kier alpha value is -1.88. The van der Waals surface area contributed by atoms with E-state index in [-0.39, 0.29) is 24.0 Å². The van der Waals surface area contributed by atoms with E-state index >= 15 is 0 Å². The number of benzene rings is 1. The summed E-state index contributed by atoms with van der Waals surface area (Å²) >= 11 is 0. The first kappa shape index (κ1) is 26.4. The third-order valence-corrected chi connectivity index (χ3v) is 5.51. The van der Waals surface area contributed by atoms with Crippen LogP contribution in [0.4, 0.5) is 0 Å². The molecule has 9 heteroatoms. The van der Waals surface area contributed by atoms with Crippen LogP contribution in [-0.4, -0.2) is 76.9 Å². The summed E-state index contributed by atoms with van der Waals surface area (Å²) in [6, 6.07) is 8.12. The fourth-order valence-electron chi connectivity index (χ4n) is 3.85. The molecule has 1 saturated heterocycles. The number of aryl methyl sites for hydroxylation is 1. The first-order valence-corrected chi connectivity index (χ1v) is 11.3.